The number of esters is 1. The van der Waals surface area contributed by atoms with Crippen molar-refractivity contribution < 1.29 is 14.3 Å². The lowest BCUT2D eigenvalue weighted by Gasteiger charge is -2.23. The Morgan fingerprint density at radius 3 is 3.00 bits per heavy atom. The molecule has 1 atom stereocenters. The molecule has 2 aliphatic rings. The first kappa shape index (κ1) is 14.0. The zero-order valence-corrected chi connectivity index (χ0v) is 12.5. The van der Waals surface area contributed by atoms with Crippen molar-refractivity contribution in [1.29, 1.82) is 0 Å². The largest absolute Gasteiger partial charge is 0.461 e. The molecule has 0 bridgehead atoms. The molecular formula is C14H20N2O3S. The Morgan fingerprint density at radius 2 is 2.40 bits per heavy atom. The number of nitrogens with one attached hydrogen (secondary N) is 1. The molecule has 1 saturated carbocycles. The van der Waals surface area contributed by atoms with Gasteiger partial charge in [0.1, 0.15) is 6.10 Å². The van der Waals surface area contributed by atoms with Crippen molar-refractivity contribution in [3.05, 3.63) is 15.6 Å². The predicted molar refractivity (Wildman–Crippen MR) is 76.2 cm³/mol. The van der Waals surface area contributed by atoms with E-state index in [1.165, 1.54) is 19.3 Å². The fraction of sp³-hybridized carbons (Fsp3) is 0.714. The van der Waals surface area contributed by atoms with Gasteiger partial charge in [-0.2, -0.15) is 0 Å². The van der Waals surface area contributed by atoms with E-state index in [-0.39, 0.29) is 12.1 Å². The molecule has 1 unspecified atom stereocenters. The highest BCUT2D eigenvalue weighted by Gasteiger charge is 2.31. The van der Waals surface area contributed by atoms with Gasteiger partial charge in [-0.15, -0.1) is 11.3 Å². The first-order valence-electron chi connectivity index (χ1n) is 7.29. The number of carbonyl (C=O) groups is 1. The van der Waals surface area contributed by atoms with Crippen LogP contribution in [0.25, 0.3) is 0 Å². The lowest BCUT2D eigenvalue weighted by molar-refractivity contribution is 0.0273. The summed E-state index contributed by atoms with van der Waals surface area (Å²) in [4.78, 5) is 17.6. The number of rotatable bonds is 4. The summed E-state index contributed by atoms with van der Waals surface area (Å²) in [6.45, 7) is 4.45. The second kappa shape index (κ2) is 6.20. The first-order valence-corrected chi connectivity index (χ1v) is 8.11. The fourth-order valence-electron chi connectivity index (χ4n) is 2.48. The van der Waals surface area contributed by atoms with Crippen LogP contribution in [-0.4, -0.2) is 37.3 Å². The summed E-state index contributed by atoms with van der Waals surface area (Å²) in [5.74, 6) is 0.206. The van der Waals surface area contributed by atoms with Crippen molar-refractivity contribution in [2.24, 2.45) is 0 Å². The number of hydrogen-bond acceptors (Lipinski definition) is 6. The van der Waals surface area contributed by atoms with Gasteiger partial charge in [-0.1, -0.05) is 6.42 Å². The van der Waals surface area contributed by atoms with E-state index in [0.717, 1.165) is 23.0 Å². The highest BCUT2D eigenvalue weighted by Crippen LogP contribution is 2.41. The van der Waals surface area contributed by atoms with Gasteiger partial charge in [-0.05, 0) is 19.8 Å². The Morgan fingerprint density at radius 1 is 1.55 bits per heavy atom. The SMILES string of the molecule is CCOC(=O)c1nc(C2CCC2)sc1C1CNCCO1. The topological polar surface area (TPSA) is 60.5 Å². The third kappa shape index (κ3) is 2.73. The van der Waals surface area contributed by atoms with Gasteiger partial charge in [-0.25, -0.2) is 9.78 Å². The Labute approximate surface area is 122 Å². The van der Waals surface area contributed by atoms with Gasteiger partial charge in [0.25, 0.3) is 0 Å². The predicted octanol–water partition coefficient (Wildman–Crippen LogP) is 2.25. The van der Waals surface area contributed by atoms with Crippen LogP contribution in [0.5, 0.6) is 0 Å². The van der Waals surface area contributed by atoms with Gasteiger partial charge in [0.15, 0.2) is 5.69 Å². The Kier molecular flexibility index (Phi) is 4.33. The number of thiazole rings is 1. The molecule has 1 N–H and O–H groups in total. The molecule has 0 radical (unpaired) electrons. The maximum atomic E-state index is 12.1. The molecule has 1 aliphatic heterocycles. The van der Waals surface area contributed by atoms with Crippen LogP contribution in [0.3, 0.4) is 0 Å². The molecule has 0 amide bonds. The molecule has 20 heavy (non-hydrogen) atoms. The van der Waals surface area contributed by atoms with Crippen LogP contribution in [0.15, 0.2) is 0 Å². The smallest absolute Gasteiger partial charge is 0.358 e. The van der Waals surface area contributed by atoms with E-state index in [2.05, 4.69) is 10.3 Å². The first-order chi connectivity index (χ1) is 9.79. The highest BCUT2D eigenvalue weighted by molar-refractivity contribution is 7.12. The highest BCUT2D eigenvalue weighted by atomic mass is 32.1. The second-order valence-electron chi connectivity index (χ2n) is 5.18. The van der Waals surface area contributed by atoms with Gasteiger partial charge in [-0.3, -0.25) is 0 Å². The summed E-state index contributed by atoms with van der Waals surface area (Å²) in [7, 11) is 0. The lowest BCUT2D eigenvalue weighted by atomic mass is 9.86. The van der Waals surface area contributed by atoms with E-state index in [1.807, 2.05) is 6.92 Å². The second-order valence-corrected chi connectivity index (χ2v) is 6.24. The Balaban J connectivity index is 1.87. The zero-order valence-electron chi connectivity index (χ0n) is 11.7. The molecule has 0 aromatic carbocycles. The number of hydrogen-bond donors (Lipinski definition) is 1. The number of morpholine rings is 1. The summed E-state index contributed by atoms with van der Waals surface area (Å²) in [6.07, 6.45) is 3.54. The van der Waals surface area contributed by atoms with E-state index in [1.54, 1.807) is 11.3 Å². The van der Waals surface area contributed by atoms with Gasteiger partial charge in [0, 0.05) is 19.0 Å². The quantitative estimate of drug-likeness (QED) is 0.864. The molecule has 2 heterocycles. The van der Waals surface area contributed by atoms with Crippen LogP contribution in [0, 0.1) is 0 Å². The van der Waals surface area contributed by atoms with Gasteiger partial charge >= 0.3 is 5.97 Å². The Hall–Kier alpha value is -0.980. The third-order valence-corrected chi connectivity index (χ3v) is 5.12. The van der Waals surface area contributed by atoms with Crippen LogP contribution >= 0.6 is 11.3 Å². The van der Waals surface area contributed by atoms with Crippen molar-refractivity contribution in [2.75, 3.05) is 26.3 Å². The van der Waals surface area contributed by atoms with Crippen LogP contribution in [0.1, 0.15) is 58.6 Å². The maximum absolute atomic E-state index is 12.1. The molecule has 6 heteroatoms. The average molecular weight is 296 g/mol. The molecule has 0 spiro atoms. The van der Waals surface area contributed by atoms with Crippen molar-refractivity contribution in [1.82, 2.24) is 10.3 Å². The van der Waals surface area contributed by atoms with Gasteiger partial charge < -0.3 is 14.8 Å². The van der Waals surface area contributed by atoms with Crippen LogP contribution in [-0.2, 0) is 9.47 Å². The van der Waals surface area contributed by atoms with Crippen LogP contribution in [0.2, 0.25) is 0 Å². The molecule has 1 aliphatic carbocycles. The molecule has 1 saturated heterocycles. The maximum Gasteiger partial charge on any atom is 0.358 e. The van der Waals surface area contributed by atoms with E-state index in [0.29, 0.717) is 24.8 Å². The Bertz CT molecular complexity index is 479. The van der Waals surface area contributed by atoms with Gasteiger partial charge in [0.2, 0.25) is 0 Å². The minimum absolute atomic E-state index is 0.0746. The van der Waals surface area contributed by atoms with Crippen molar-refractivity contribution in [2.45, 2.75) is 38.2 Å². The van der Waals surface area contributed by atoms with Crippen molar-refractivity contribution in [3.63, 3.8) is 0 Å². The van der Waals surface area contributed by atoms with E-state index >= 15 is 0 Å². The van der Waals surface area contributed by atoms with E-state index in [4.69, 9.17) is 9.47 Å². The molecule has 5 nitrogen and oxygen atoms in total. The molecule has 3 rings (SSSR count). The zero-order chi connectivity index (χ0) is 13.9. The normalized spacial score (nSPS) is 23.4. The summed E-state index contributed by atoms with van der Waals surface area (Å²) in [5, 5.41) is 4.37. The number of ether oxygens (including phenoxy) is 2. The summed E-state index contributed by atoms with van der Waals surface area (Å²) in [6, 6.07) is 0. The van der Waals surface area contributed by atoms with Crippen molar-refractivity contribution >= 4 is 17.3 Å². The van der Waals surface area contributed by atoms with Crippen LogP contribution in [0.4, 0.5) is 0 Å². The lowest BCUT2D eigenvalue weighted by Crippen LogP contribution is -2.33. The molecule has 1 aromatic heterocycles. The third-order valence-electron chi connectivity index (χ3n) is 3.81. The summed E-state index contributed by atoms with van der Waals surface area (Å²) >= 11 is 1.63. The number of carbonyl (C=O) groups excluding carboxylic acids is 1. The molecule has 2 fully saturated rings. The monoisotopic (exact) mass is 296 g/mol. The summed E-state index contributed by atoms with van der Waals surface area (Å²) < 4.78 is 10.9. The number of aromatic nitrogens is 1. The standard InChI is InChI=1S/C14H20N2O3S/c1-2-18-14(17)11-12(10-8-15-6-7-19-10)20-13(16-11)9-4-3-5-9/h9-10,15H,2-8H2,1H3. The average Bonchev–Trinajstić information content (AvgIpc) is 2.83. The minimum Gasteiger partial charge on any atom is -0.461 e. The molecule has 1 aromatic rings. The summed E-state index contributed by atoms with van der Waals surface area (Å²) in [5.41, 5.74) is 0.465. The molecular weight excluding hydrogens is 276 g/mol. The van der Waals surface area contributed by atoms with Crippen molar-refractivity contribution in [3.8, 4) is 0 Å². The van der Waals surface area contributed by atoms with Crippen LogP contribution < -0.4 is 5.32 Å². The van der Waals surface area contributed by atoms with E-state index < -0.39 is 0 Å². The fourth-order valence-corrected chi connectivity index (χ4v) is 3.75. The van der Waals surface area contributed by atoms with Gasteiger partial charge in [0.05, 0.1) is 23.1 Å². The molecule has 110 valence electrons. The van der Waals surface area contributed by atoms with E-state index in [9.17, 15) is 4.79 Å². The minimum atomic E-state index is -0.321. The number of nitrogens with zero attached hydrogens (tertiary/aromatic N) is 1.